The average molecular weight is 244 g/mol. The molecule has 1 aromatic heterocycles. The second-order valence-electron chi connectivity index (χ2n) is 3.84. The molecule has 0 aliphatic rings. The summed E-state index contributed by atoms with van der Waals surface area (Å²) in [5.41, 5.74) is 7.63. The van der Waals surface area contributed by atoms with Crippen molar-refractivity contribution >= 4 is 0 Å². The van der Waals surface area contributed by atoms with Gasteiger partial charge in [0, 0.05) is 24.5 Å². The molecule has 0 radical (unpaired) electrons. The first kappa shape index (κ1) is 12.4. The van der Waals surface area contributed by atoms with E-state index in [1.807, 2.05) is 30.3 Å². The van der Waals surface area contributed by atoms with Gasteiger partial charge in [-0.05, 0) is 23.8 Å². The van der Waals surface area contributed by atoms with E-state index in [0.717, 1.165) is 11.1 Å². The van der Waals surface area contributed by atoms with Crippen LogP contribution in [0.2, 0.25) is 0 Å². The second kappa shape index (κ2) is 6.02. The van der Waals surface area contributed by atoms with Crippen molar-refractivity contribution in [2.75, 3.05) is 7.11 Å². The summed E-state index contributed by atoms with van der Waals surface area (Å²) in [6.07, 6.45) is 3.51. The maximum atomic E-state index is 5.74. The minimum absolute atomic E-state index is 0.457. The SMILES string of the molecule is COc1ccc(CN)cc1OCc1cccnc1. The van der Waals surface area contributed by atoms with Crippen molar-refractivity contribution in [3.63, 3.8) is 0 Å². The maximum absolute atomic E-state index is 5.74. The Balaban J connectivity index is 2.12. The predicted molar refractivity (Wildman–Crippen MR) is 69.5 cm³/mol. The smallest absolute Gasteiger partial charge is 0.161 e. The van der Waals surface area contributed by atoms with Crippen LogP contribution in [0.15, 0.2) is 42.7 Å². The van der Waals surface area contributed by atoms with Crippen molar-refractivity contribution in [1.82, 2.24) is 4.98 Å². The van der Waals surface area contributed by atoms with Crippen molar-refractivity contribution in [2.45, 2.75) is 13.2 Å². The first-order chi connectivity index (χ1) is 8.83. The van der Waals surface area contributed by atoms with Crippen LogP contribution in [0.3, 0.4) is 0 Å². The Labute approximate surface area is 106 Å². The van der Waals surface area contributed by atoms with E-state index in [2.05, 4.69) is 4.98 Å². The minimum atomic E-state index is 0.457. The lowest BCUT2D eigenvalue weighted by Gasteiger charge is -2.11. The fourth-order valence-corrected chi connectivity index (χ4v) is 1.61. The molecule has 0 saturated carbocycles. The molecule has 0 fully saturated rings. The van der Waals surface area contributed by atoms with Gasteiger partial charge in [0.1, 0.15) is 6.61 Å². The van der Waals surface area contributed by atoms with Gasteiger partial charge in [0.15, 0.2) is 11.5 Å². The molecule has 2 rings (SSSR count). The van der Waals surface area contributed by atoms with Gasteiger partial charge in [0.25, 0.3) is 0 Å². The summed E-state index contributed by atoms with van der Waals surface area (Å²) in [5, 5.41) is 0. The number of hydrogen-bond donors (Lipinski definition) is 1. The standard InChI is InChI=1S/C14H16N2O2/c1-17-13-5-4-11(8-15)7-14(13)18-10-12-3-2-6-16-9-12/h2-7,9H,8,10,15H2,1H3. The lowest BCUT2D eigenvalue weighted by Crippen LogP contribution is -2.01. The minimum Gasteiger partial charge on any atom is -0.493 e. The van der Waals surface area contributed by atoms with E-state index in [-0.39, 0.29) is 0 Å². The van der Waals surface area contributed by atoms with E-state index in [0.29, 0.717) is 24.7 Å². The van der Waals surface area contributed by atoms with Crippen LogP contribution in [-0.2, 0) is 13.2 Å². The van der Waals surface area contributed by atoms with Crippen LogP contribution in [0.4, 0.5) is 0 Å². The zero-order valence-corrected chi connectivity index (χ0v) is 10.3. The van der Waals surface area contributed by atoms with Gasteiger partial charge in [-0.1, -0.05) is 12.1 Å². The van der Waals surface area contributed by atoms with Crippen LogP contribution in [-0.4, -0.2) is 12.1 Å². The van der Waals surface area contributed by atoms with Crippen molar-refractivity contribution in [1.29, 1.82) is 0 Å². The molecule has 0 unspecified atom stereocenters. The number of nitrogens with two attached hydrogens (primary N) is 1. The van der Waals surface area contributed by atoms with Gasteiger partial charge in [-0.2, -0.15) is 0 Å². The molecule has 0 aliphatic carbocycles. The number of ether oxygens (including phenoxy) is 2. The van der Waals surface area contributed by atoms with E-state index >= 15 is 0 Å². The van der Waals surface area contributed by atoms with E-state index in [9.17, 15) is 0 Å². The number of pyridine rings is 1. The van der Waals surface area contributed by atoms with Gasteiger partial charge in [0.2, 0.25) is 0 Å². The molecule has 0 aliphatic heterocycles. The van der Waals surface area contributed by atoms with Gasteiger partial charge in [-0.15, -0.1) is 0 Å². The van der Waals surface area contributed by atoms with Crippen LogP contribution in [0.25, 0.3) is 0 Å². The summed E-state index contributed by atoms with van der Waals surface area (Å²) in [6, 6.07) is 9.53. The Hall–Kier alpha value is -2.07. The first-order valence-corrected chi connectivity index (χ1v) is 5.72. The largest absolute Gasteiger partial charge is 0.493 e. The molecule has 4 heteroatoms. The summed E-state index contributed by atoms with van der Waals surface area (Å²) in [6.45, 7) is 0.936. The lowest BCUT2D eigenvalue weighted by molar-refractivity contribution is 0.284. The summed E-state index contributed by atoms with van der Waals surface area (Å²) in [7, 11) is 1.62. The molecule has 4 nitrogen and oxygen atoms in total. The predicted octanol–water partition coefficient (Wildman–Crippen LogP) is 2.13. The van der Waals surface area contributed by atoms with E-state index in [1.54, 1.807) is 19.5 Å². The van der Waals surface area contributed by atoms with Crippen LogP contribution in [0, 0.1) is 0 Å². The highest BCUT2D eigenvalue weighted by molar-refractivity contribution is 5.43. The summed E-state index contributed by atoms with van der Waals surface area (Å²) >= 11 is 0. The Morgan fingerprint density at radius 3 is 2.72 bits per heavy atom. The van der Waals surface area contributed by atoms with Crippen molar-refractivity contribution in [3.05, 3.63) is 53.9 Å². The second-order valence-corrected chi connectivity index (χ2v) is 3.84. The molecule has 2 N–H and O–H groups in total. The lowest BCUT2D eigenvalue weighted by atomic mass is 10.2. The Morgan fingerprint density at radius 1 is 1.17 bits per heavy atom. The molecule has 94 valence electrons. The Bertz CT molecular complexity index is 500. The van der Waals surface area contributed by atoms with Crippen LogP contribution in [0.1, 0.15) is 11.1 Å². The first-order valence-electron chi connectivity index (χ1n) is 5.72. The van der Waals surface area contributed by atoms with E-state index in [4.69, 9.17) is 15.2 Å². The quantitative estimate of drug-likeness (QED) is 0.875. The van der Waals surface area contributed by atoms with Crippen LogP contribution in [0.5, 0.6) is 11.5 Å². The number of methoxy groups -OCH3 is 1. The van der Waals surface area contributed by atoms with Gasteiger partial charge in [0.05, 0.1) is 7.11 Å². The van der Waals surface area contributed by atoms with Crippen LogP contribution < -0.4 is 15.2 Å². The van der Waals surface area contributed by atoms with Gasteiger partial charge < -0.3 is 15.2 Å². The normalized spacial score (nSPS) is 10.1. The topological polar surface area (TPSA) is 57.4 Å². The van der Waals surface area contributed by atoms with E-state index < -0.39 is 0 Å². The fourth-order valence-electron chi connectivity index (χ4n) is 1.61. The molecule has 18 heavy (non-hydrogen) atoms. The summed E-state index contributed by atoms with van der Waals surface area (Å²) in [4.78, 5) is 4.04. The number of aromatic nitrogens is 1. The Morgan fingerprint density at radius 2 is 2.06 bits per heavy atom. The highest BCUT2D eigenvalue weighted by Gasteiger charge is 2.05. The molecule has 0 amide bonds. The molecule has 0 bridgehead atoms. The number of hydrogen-bond acceptors (Lipinski definition) is 4. The molecule has 0 atom stereocenters. The molecular weight excluding hydrogens is 228 g/mol. The van der Waals surface area contributed by atoms with Gasteiger partial charge >= 0.3 is 0 Å². The van der Waals surface area contributed by atoms with Crippen molar-refractivity contribution < 1.29 is 9.47 Å². The monoisotopic (exact) mass is 244 g/mol. The highest BCUT2D eigenvalue weighted by Crippen LogP contribution is 2.28. The van der Waals surface area contributed by atoms with Gasteiger partial charge in [-0.25, -0.2) is 0 Å². The molecule has 1 aromatic carbocycles. The molecule has 2 aromatic rings. The molecule has 0 spiro atoms. The maximum Gasteiger partial charge on any atom is 0.161 e. The number of rotatable bonds is 5. The van der Waals surface area contributed by atoms with Crippen molar-refractivity contribution in [3.8, 4) is 11.5 Å². The highest BCUT2D eigenvalue weighted by atomic mass is 16.5. The molecular formula is C14H16N2O2. The van der Waals surface area contributed by atoms with Gasteiger partial charge in [-0.3, -0.25) is 4.98 Å². The third-order valence-corrected chi connectivity index (χ3v) is 2.58. The summed E-state index contributed by atoms with van der Waals surface area (Å²) in [5.74, 6) is 1.40. The fraction of sp³-hybridized carbons (Fsp3) is 0.214. The summed E-state index contributed by atoms with van der Waals surface area (Å²) < 4.78 is 11.0. The third kappa shape index (κ3) is 2.99. The average Bonchev–Trinajstić information content (AvgIpc) is 2.45. The number of benzene rings is 1. The zero-order chi connectivity index (χ0) is 12.8. The molecule has 1 heterocycles. The van der Waals surface area contributed by atoms with Crippen molar-refractivity contribution in [2.24, 2.45) is 5.73 Å². The Kier molecular flexibility index (Phi) is 4.15. The zero-order valence-electron chi connectivity index (χ0n) is 10.3. The van der Waals surface area contributed by atoms with E-state index in [1.165, 1.54) is 0 Å². The van der Waals surface area contributed by atoms with Crippen LogP contribution >= 0.6 is 0 Å². The third-order valence-electron chi connectivity index (χ3n) is 2.58. The number of nitrogens with zero attached hydrogens (tertiary/aromatic N) is 1. The molecule has 0 saturated heterocycles.